The van der Waals surface area contributed by atoms with E-state index in [1.165, 1.54) is 0 Å². The summed E-state index contributed by atoms with van der Waals surface area (Å²) in [6.45, 7) is 19.1. The number of fused-ring (bicyclic) bond motifs is 1. The highest BCUT2D eigenvalue weighted by Gasteiger charge is 2.40. The van der Waals surface area contributed by atoms with Gasteiger partial charge in [0, 0.05) is 28.5 Å². The van der Waals surface area contributed by atoms with E-state index in [1.54, 1.807) is 23.1 Å². The summed E-state index contributed by atoms with van der Waals surface area (Å²) in [5, 5.41) is 17.2. The molecule has 0 fully saturated rings. The Kier molecular flexibility index (Phi) is 9.32. The van der Waals surface area contributed by atoms with Gasteiger partial charge in [-0.05, 0) is 69.6 Å². The fourth-order valence-corrected chi connectivity index (χ4v) is 5.86. The monoisotopic (exact) mass is 608 g/mol. The second kappa shape index (κ2) is 12.1. The Labute approximate surface area is 253 Å². The molecule has 1 unspecified atom stereocenters. The van der Waals surface area contributed by atoms with Crippen molar-refractivity contribution in [3.8, 4) is 17.2 Å². The Morgan fingerprint density at radius 3 is 2.45 bits per heavy atom. The van der Waals surface area contributed by atoms with Crippen LogP contribution in [0.2, 0.25) is 18.1 Å². The van der Waals surface area contributed by atoms with Gasteiger partial charge in [0.2, 0.25) is 0 Å². The molecule has 0 amide bonds. The molecule has 226 valence electrons. The minimum atomic E-state index is -1.93. The Balaban J connectivity index is 1.66. The molecule has 0 spiro atoms. The first kappa shape index (κ1) is 32.2. The number of aliphatic hydroxyl groups is 1. The standard InChI is InChI=1S/C31H44N6O3SSi/c1-10-17-31(38,36-41(39)29(2,3)4)27-13-11-12-25(35-27)22-14-15-23-20-33-37(26(23)19-22)28-32-18-16-24(34-28)21-40-42(8,9)30(5,6)7/h11-16,18-20,36,38H,10,17,21H2,1-9H3/t31?,41-/m1/s1. The summed E-state index contributed by atoms with van der Waals surface area (Å²) in [7, 11) is -1.93. The number of hydrogen-bond donors (Lipinski definition) is 2. The van der Waals surface area contributed by atoms with Gasteiger partial charge in [-0.3, -0.25) is 0 Å². The van der Waals surface area contributed by atoms with Crippen LogP contribution in [0.4, 0.5) is 0 Å². The van der Waals surface area contributed by atoms with Gasteiger partial charge < -0.3 is 14.1 Å². The molecule has 0 radical (unpaired) electrons. The SMILES string of the molecule is CCCC(O)(N[S@+]([O-])C(C)(C)C)c1cccc(-c2ccc3cnn(-c4nccc(CO[Si](C)(C)C(C)(C)C)n4)c3c2)n1. The number of nitrogens with one attached hydrogen (secondary N) is 1. The zero-order chi connectivity index (χ0) is 30.9. The highest BCUT2D eigenvalue weighted by Crippen LogP contribution is 2.37. The average Bonchev–Trinajstić information content (AvgIpc) is 3.34. The summed E-state index contributed by atoms with van der Waals surface area (Å²) in [6.07, 6.45) is 4.57. The fraction of sp³-hybridized carbons (Fsp3) is 0.484. The maximum atomic E-state index is 12.9. The van der Waals surface area contributed by atoms with Crippen molar-refractivity contribution in [3.05, 3.63) is 66.2 Å². The van der Waals surface area contributed by atoms with Gasteiger partial charge in [0.15, 0.2) is 14.0 Å². The van der Waals surface area contributed by atoms with E-state index in [0.717, 1.165) is 22.2 Å². The minimum absolute atomic E-state index is 0.106. The largest absolute Gasteiger partial charge is 0.598 e. The predicted molar refractivity (Wildman–Crippen MR) is 172 cm³/mol. The van der Waals surface area contributed by atoms with Crippen LogP contribution in [0.5, 0.6) is 0 Å². The van der Waals surface area contributed by atoms with Crippen LogP contribution >= 0.6 is 0 Å². The van der Waals surface area contributed by atoms with Crippen LogP contribution < -0.4 is 4.72 Å². The van der Waals surface area contributed by atoms with Crippen molar-refractivity contribution >= 4 is 30.6 Å². The Morgan fingerprint density at radius 1 is 1.05 bits per heavy atom. The van der Waals surface area contributed by atoms with Crippen molar-refractivity contribution in [3.63, 3.8) is 0 Å². The summed E-state index contributed by atoms with van der Waals surface area (Å²) >= 11 is -1.48. The third kappa shape index (κ3) is 7.09. The minimum Gasteiger partial charge on any atom is -0.598 e. The molecule has 9 nitrogen and oxygen atoms in total. The summed E-state index contributed by atoms with van der Waals surface area (Å²) in [5.74, 6) is 0.464. The van der Waals surface area contributed by atoms with E-state index in [9.17, 15) is 9.66 Å². The van der Waals surface area contributed by atoms with Crippen molar-refractivity contribution in [1.29, 1.82) is 0 Å². The molecule has 4 rings (SSSR count). The molecule has 2 N–H and O–H groups in total. The molecule has 0 aliphatic rings. The second-order valence-corrected chi connectivity index (χ2v) is 20.0. The highest BCUT2D eigenvalue weighted by atomic mass is 32.2. The topological polar surface area (TPSA) is 121 Å². The molecule has 3 heterocycles. The van der Waals surface area contributed by atoms with Crippen molar-refractivity contribution in [2.24, 2.45) is 0 Å². The van der Waals surface area contributed by atoms with E-state index in [4.69, 9.17) is 14.4 Å². The third-order valence-electron chi connectivity index (χ3n) is 7.75. The molecule has 3 aromatic heterocycles. The molecule has 0 saturated carbocycles. The van der Waals surface area contributed by atoms with Crippen molar-refractivity contribution in [2.45, 2.75) is 96.5 Å². The molecular formula is C31H44N6O3SSi. The number of nitrogens with zero attached hydrogens (tertiary/aromatic N) is 5. The van der Waals surface area contributed by atoms with Crippen LogP contribution in [0, 0.1) is 0 Å². The van der Waals surface area contributed by atoms with E-state index in [1.807, 2.05) is 64.1 Å². The average molecular weight is 609 g/mol. The van der Waals surface area contributed by atoms with Gasteiger partial charge in [-0.2, -0.15) is 9.78 Å². The first-order valence-corrected chi connectivity index (χ1v) is 18.4. The van der Waals surface area contributed by atoms with E-state index in [0.29, 0.717) is 36.8 Å². The maximum absolute atomic E-state index is 12.9. The lowest BCUT2D eigenvalue weighted by molar-refractivity contribution is 0.0101. The molecule has 42 heavy (non-hydrogen) atoms. The molecule has 11 heteroatoms. The van der Waals surface area contributed by atoms with Gasteiger partial charge in [-0.1, -0.05) is 52.3 Å². The fourth-order valence-electron chi connectivity index (χ4n) is 4.10. The zero-order valence-corrected chi connectivity index (χ0v) is 28.0. The normalized spacial score (nSPS) is 15.1. The van der Waals surface area contributed by atoms with Crippen LogP contribution in [-0.4, -0.2) is 47.5 Å². The van der Waals surface area contributed by atoms with Crippen LogP contribution in [0.3, 0.4) is 0 Å². The van der Waals surface area contributed by atoms with E-state index < -0.39 is 30.2 Å². The molecular weight excluding hydrogens is 565 g/mol. The van der Waals surface area contributed by atoms with Gasteiger partial charge >= 0.3 is 0 Å². The molecule has 0 aliphatic carbocycles. The van der Waals surface area contributed by atoms with Gasteiger partial charge in [-0.25, -0.2) is 15.0 Å². The summed E-state index contributed by atoms with van der Waals surface area (Å²) < 4.78 is 23.4. The summed E-state index contributed by atoms with van der Waals surface area (Å²) in [6, 6.07) is 13.4. The lowest BCUT2D eigenvalue weighted by Crippen LogP contribution is -2.51. The second-order valence-electron chi connectivity index (χ2n) is 13.2. The number of hydrogen-bond acceptors (Lipinski definition) is 8. The molecule has 0 saturated heterocycles. The predicted octanol–water partition coefficient (Wildman–Crippen LogP) is 6.40. The van der Waals surface area contributed by atoms with Crippen molar-refractivity contribution < 1.29 is 14.1 Å². The van der Waals surface area contributed by atoms with Crippen LogP contribution in [-0.2, 0) is 28.1 Å². The quantitative estimate of drug-likeness (QED) is 0.121. The molecule has 4 aromatic rings. The van der Waals surface area contributed by atoms with E-state index in [-0.39, 0.29) is 5.04 Å². The summed E-state index contributed by atoms with van der Waals surface area (Å²) in [5.41, 5.74) is 2.05. The Bertz CT molecular complexity index is 1530. The number of aromatic nitrogens is 5. The van der Waals surface area contributed by atoms with Gasteiger partial charge in [0.05, 0.1) is 35.4 Å². The zero-order valence-electron chi connectivity index (χ0n) is 26.2. The van der Waals surface area contributed by atoms with Crippen LogP contribution in [0.25, 0.3) is 28.1 Å². The Morgan fingerprint density at radius 2 is 1.79 bits per heavy atom. The Hall–Kier alpha value is -2.67. The van der Waals surface area contributed by atoms with Crippen molar-refractivity contribution in [2.75, 3.05) is 0 Å². The number of benzene rings is 1. The van der Waals surface area contributed by atoms with Gasteiger partial charge in [0.25, 0.3) is 5.95 Å². The smallest absolute Gasteiger partial charge is 0.251 e. The first-order valence-electron chi connectivity index (χ1n) is 14.4. The van der Waals surface area contributed by atoms with E-state index >= 15 is 0 Å². The molecule has 0 bridgehead atoms. The maximum Gasteiger partial charge on any atom is 0.251 e. The lowest BCUT2D eigenvalue weighted by Gasteiger charge is -2.36. The molecule has 0 aliphatic heterocycles. The number of pyridine rings is 1. The van der Waals surface area contributed by atoms with Gasteiger partial charge in [0.1, 0.15) is 4.75 Å². The summed E-state index contributed by atoms with van der Waals surface area (Å²) in [4.78, 5) is 14.1. The van der Waals surface area contributed by atoms with Crippen LogP contribution in [0.1, 0.15) is 72.7 Å². The van der Waals surface area contributed by atoms with Gasteiger partial charge in [-0.15, -0.1) is 4.72 Å². The number of rotatable bonds is 10. The lowest BCUT2D eigenvalue weighted by atomic mass is 10.0. The van der Waals surface area contributed by atoms with E-state index in [2.05, 4.69) is 48.7 Å². The highest BCUT2D eigenvalue weighted by molar-refractivity contribution is 7.90. The third-order valence-corrected chi connectivity index (χ3v) is 13.9. The molecule has 2 atom stereocenters. The first-order chi connectivity index (χ1) is 19.5. The molecule has 1 aromatic carbocycles. The van der Waals surface area contributed by atoms with Crippen LogP contribution in [0.15, 0.2) is 54.9 Å². The van der Waals surface area contributed by atoms with Crippen molar-refractivity contribution in [1.82, 2.24) is 29.5 Å².